The van der Waals surface area contributed by atoms with Crippen LogP contribution in [0.25, 0.3) is 5.70 Å². The molecule has 1 heterocycles. The number of nitrogens with zero attached hydrogens (tertiary/aromatic N) is 2. The first-order valence-corrected chi connectivity index (χ1v) is 9.16. The quantitative estimate of drug-likeness (QED) is 0.556. The maximum atomic E-state index is 14.0. The minimum atomic E-state index is -0.272. The molecule has 0 saturated carbocycles. The lowest BCUT2D eigenvalue weighted by Crippen LogP contribution is -2.17. The minimum absolute atomic E-state index is 0.146. The number of aryl methyl sites for hydroxylation is 1. The predicted molar refractivity (Wildman–Crippen MR) is 109 cm³/mol. The molecule has 3 aromatic rings. The van der Waals surface area contributed by atoms with Crippen molar-refractivity contribution in [2.24, 2.45) is 0 Å². The van der Waals surface area contributed by atoms with Gasteiger partial charge in [0.25, 0.3) is 0 Å². The zero-order chi connectivity index (χ0) is 19.2. The predicted octanol–water partition coefficient (Wildman–Crippen LogP) is 4.85. The number of hydrogen-bond donors (Lipinski definition) is 2. The van der Waals surface area contributed by atoms with Crippen molar-refractivity contribution in [3.05, 3.63) is 99.8 Å². The lowest BCUT2D eigenvalue weighted by atomic mass is 10.1. The Bertz CT molecular complexity index is 969. The van der Waals surface area contributed by atoms with Crippen molar-refractivity contribution in [3.8, 4) is 0 Å². The summed E-state index contributed by atoms with van der Waals surface area (Å²) in [7, 11) is 0. The molecule has 1 aromatic heterocycles. The molecule has 0 radical (unpaired) electrons. The fourth-order valence-corrected chi connectivity index (χ4v) is 3.05. The van der Waals surface area contributed by atoms with E-state index in [9.17, 15) is 4.39 Å². The highest BCUT2D eigenvalue weighted by molar-refractivity contribution is 9.12. The third kappa shape index (κ3) is 4.65. The summed E-state index contributed by atoms with van der Waals surface area (Å²) in [5.41, 5.74) is 3.38. The van der Waals surface area contributed by atoms with Crippen molar-refractivity contribution in [1.82, 2.24) is 15.3 Å². The maximum absolute atomic E-state index is 14.0. The fraction of sp³-hybridized carbons (Fsp3) is 0.0952. The number of hydrogen-bond acceptors (Lipinski definition) is 4. The number of rotatable bonds is 6. The van der Waals surface area contributed by atoms with Gasteiger partial charge >= 0.3 is 0 Å². The van der Waals surface area contributed by atoms with Gasteiger partial charge in [-0.15, -0.1) is 0 Å². The summed E-state index contributed by atoms with van der Waals surface area (Å²) in [6, 6.07) is 16.2. The maximum Gasteiger partial charge on any atom is 0.178 e. The van der Waals surface area contributed by atoms with Crippen molar-refractivity contribution in [1.29, 1.82) is 5.41 Å². The lowest BCUT2D eigenvalue weighted by molar-refractivity contribution is 0.605. The first kappa shape index (κ1) is 18.9. The number of benzene rings is 2. The average molecular weight is 425 g/mol. The minimum Gasteiger partial charge on any atom is -0.379 e. The van der Waals surface area contributed by atoms with Gasteiger partial charge in [-0.1, -0.05) is 48.0 Å². The summed E-state index contributed by atoms with van der Waals surface area (Å²) in [5.74, 6) is 0.0347. The monoisotopic (exact) mass is 424 g/mol. The Labute approximate surface area is 165 Å². The van der Waals surface area contributed by atoms with Crippen LogP contribution in [0, 0.1) is 18.2 Å². The summed E-state index contributed by atoms with van der Waals surface area (Å²) < 4.78 is 14.5. The third-order valence-corrected chi connectivity index (χ3v) is 4.78. The van der Waals surface area contributed by atoms with Crippen LogP contribution in [-0.2, 0) is 6.54 Å². The smallest absolute Gasteiger partial charge is 0.178 e. The normalized spacial score (nSPS) is 11.7. The molecular weight excluding hydrogens is 407 g/mol. The van der Waals surface area contributed by atoms with Crippen LogP contribution < -0.4 is 5.32 Å². The van der Waals surface area contributed by atoms with Crippen LogP contribution in [0.1, 0.15) is 22.5 Å². The molecule has 2 N–H and O–H groups in total. The molecule has 0 amide bonds. The molecule has 0 atom stereocenters. The fourth-order valence-electron chi connectivity index (χ4n) is 2.50. The third-order valence-electron chi connectivity index (χ3n) is 3.98. The summed E-state index contributed by atoms with van der Waals surface area (Å²) in [4.78, 5) is 8.27. The molecule has 136 valence electrons. The lowest BCUT2D eigenvalue weighted by Gasteiger charge is -2.15. The summed E-state index contributed by atoms with van der Waals surface area (Å²) in [6.07, 6.45) is 3.19. The van der Waals surface area contributed by atoms with Crippen molar-refractivity contribution >= 4 is 27.3 Å². The summed E-state index contributed by atoms with van der Waals surface area (Å²) in [6.45, 7) is 2.29. The Morgan fingerprint density at radius 3 is 2.37 bits per heavy atom. The van der Waals surface area contributed by atoms with Gasteiger partial charge in [0.1, 0.15) is 11.5 Å². The molecule has 0 bridgehead atoms. The van der Waals surface area contributed by atoms with E-state index in [1.807, 2.05) is 31.2 Å². The molecule has 27 heavy (non-hydrogen) atoms. The van der Waals surface area contributed by atoms with Crippen LogP contribution in [0.3, 0.4) is 0 Å². The molecule has 0 aliphatic carbocycles. The summed E-state index contributed by atoms with van der Waals surface area (Å²) >= 11 is 3.51. The van der Waals surface area contributed by atoms with Gasteiger partial charge in [0, 0.05) is 24.5 Å². The molecule has 0 unspecified atom stereocenters. The highest BCUT2D eigenvalue weighted by atomic mass is 79.9. The second-order valence-corrected chi connectivity index (χ2v) is 6.74. The molecule has 0 spiro atoms. The topological polar surface area (TPSA) is 61.7 Å². The molecule has 6 heteroatoms. The van der Waals surface area contributed by atoms with Crippen molar-refractivity contribution in [2.75, 3.05) is 0 Å². The second-order valence-electron chi connectivity index (χ2n) is 5.95. The van der Waals surface area contributed by atoms with Gasteiger partial charge in [0.15, 0.2) is 5.82 Å². The standard InChI is InChI=1S/C21H18BrFN4/c1-14-7-9-15(10-8-14)20(27-13-16-5-2-3-6-17(16)23)18(22)19(24)21-25-11-4-12-26-21/h2-12,24,27H,13H2,1H3/b20-18+,24-19?. The molecule has 3 rings (SSSR count). The highest BCUT2D eigenvalue weighted by Gasteiger charge is 2.15. The Morgan fingerprint density at radius 2 is 1.70 bits per heavy atom. The van der Waals surface area contributed by atoms with E-state index in [4.69, 9.17) is 5.41 Å². The number of allylic oxidation sites excluding steroid dienone is 1. The number of halogens is 2. The zero-order valence-corrected chi connectivity index (χ0v) is 16.3. The van der Waals surface area contributed by atoms with Crippen molar-refractivity contribution < 1.29 is 4.39 Å². The molecule has 0 aliphatic heterocycles. The summed E-state index contributed by atoms with van der Waals surface area (Å²) in [5, 5.41) is 11.7. The van der Waals surface area contributed by atoms with E-state index < -0.39 is 0 Å². The van der Waals surface area contributed by atoms with Gasteiger partial charge in [-0.25, -0.2) is 14.4 Å². The first-order chi connectivity index (χ1) is 13.1. The molecule has 0 saturated heterocycles. The molecule has 0 aliphatic rings. The Kier molecular flexibility index (Phi) is 6.08. The van der Waals surface area contributed by atoms with Crippen LogP contribution in [0.2, 0.25) is 0 Å². The van der Waals surface area contributed by atoms with Gasteiger partial charge in [-0.05, 0) is 40.5 Å². The zero-order valence-electron chi connectivity index (χ0n) is 14.7. The SMILES string of the molecule is Cc1ccc(/C(NCc2ccccc2F)=C(\Br)C(=N)c2ncccn2)cc1. The Morgan fingerprint density at radius 1 is 1.04 bits per heavy atom. The average Bonchev–Trinajstić information content (AvgIpc) is 2.70. The van der Waals surface area contributed by atoms with E-state index in [1.165, 1.54) is 6.07 Å². The molecular formula is C21H18BrFN4. The van der Waals surface area contributed by atoms with E-state index >= 15 is 0 Å². The van der Waals surface area contributed by atoms with Gasteiger partial charge in [0.2, 0.25) is 0 Å². The second kappa shape index (κ2) is 8.68. The van der Waals surface area contributed by atoms with Gasteiger partial charge in [0.05, 0.1) is 10.2 Å². The van der Waals surface area contributed by atoms with Crippen LogP contribution in [0.4, 0.5) is 4.39 Å². The molecule has 0 fully saturated rings. The van der Waals surface area contributed by atoms with E-state index in [2.05, 4.69) is 31.2 Å². The Balaban J connectivity index is 1.97. The first-order valence-electron chi connectivity index (χ1n) is 8.36. The highest BCUT2D eigenvalue weighted by Crippen LogP contribution is 2.24. The number of nitrogens with one attached hydrogen (secondary N) is 2. The van der Waals surface area contributed by atoms with Crippen LogP contribution in [0.15, 0.2) is 71.5 Å². The van der Waals surface area contributed by atoms with Crippen LogP contribution in [-0.4, -0.2) is 15.7 Å². The van der Waals surface area contributed by atoms with Gasteiger partial charge < -0.3 is 5.32 Å². The molecule has 2 aromatic carbocycles. The van der Waals surface area contributed by atoms with Gasteiger partial charge in [-0.2, -0.15) is 0 Å². The van der Waals surface area contributed by atoms with E-state index in [0.717, 1.165) is 11.1 Å². The van der Waals surface area contributed by atoms with Crippen LogP contribution in [0.5, 0.6) is 0 Å². The van der Waals surface area contributed by atoms with Gasteiger partial charge in [-0.3, -0.25) is 5.41 Å². The molecule has 4 nitrogen and oxygen atoms in total. The van der Waals surface area contributed by atoms with Crippen LogP contribution >= 0.6 is 15.9 Å². The number of aromatic nitrogens is 2. The largest absolute Gasteiger partial charge is 0.379 e. The van der Waals surface area contributed by atoms with Crippen molar-refractivity contribution in [3.63, 3.8) is 0 Å². The van der Waals surface area contributed by atoms with E-state index in [1.54, 1.807) is 36.7 Å². The van der Waals surface area contributed by atoms with Crippen molar-refractivity contribution in [2.45, 2.75) is 13.5 Å². The van der Waals surface area contributed by atoms with E-state index in [0.29, 0.717) is 21.6 Å². The Hall–Kier alpha value is -2.86. The van der Waals surface area contributed by atoms with E-state index in [-0.39, 0.29) is 18.1 Å².